The Balaban J connectivity index is 0.000000432. The number of hydrogen-bond acceptors (Lipinski definition) is 7. The zero-order chi connectivity index (χ0) is 38.4. The number of aromatic amines is 1. The molecule has 3 atom stereocenters. The molecule has 0 bridgehead atoms. The van der Waals surface area contributed by atoms with Gasteiger partial charge in [-0.3, -0.25) is 13.8 Å². The van der Waals surface area contributed by atoms with Crippen molar-refractivity contribution in [3.63, 3.8) is 0 Å². The number of carbonyl (C=O) groups excluding carboxylic acids is 3. The summed E-state index contributed by atoms with van der Waals surface area (Å²) in [6.45, 7) is 6.59. The van der Waals surface area contributed by atoms with Gasteiger partial charge in [0, 0.05) is 42.5 Å². The molecule has 12 nitrogen and oxygen atoms in total. The van der Waals surface area contributed by atoms with Crippen LogP contribution in [0.4, 0.5) is 4.79 Å². The van der Waals surface area contributed by atoms with E-state index in [1.807, 2.05) is 55.5 Å². The van der Waals surface area contributed by atoms with Crippen LogP contribution in [0.25, 0.3) is 10.9 Å². The van der Waals surface area contributed by atoms with Crippen LogP contribution in [0.1, 0.15) is 22.3 Å². The van der Waals surface area contributed by atoms with E-state index >= 15 is 0 Å². The zero-order valence-electron chi connectivity index (χ0n) is 29.6. The quantitative estimate of drug-likeness (QED) is 0.132. The number of amides is 4. The SMILES string of the molecule is C=CCN1CC(=O)N2[C@@H](Cc3ccc(O)cc3)C(=O)N(Cc3cccc4c(Cl)c[nH]c34)C[C@@H]2N1C(=O)NCc1ccccc1.Cc1ccc(S(=O)[O-])cc1. The van der Waals surface area contributed by atoms with Crippen molar-refractivity contribution < 1.29 is 28.3 Å². The van der Waals surface area contributed by atoms with E-state index in [0.29, 0.717) is 16.5 Å². The summed E-state index contributed by atoms with van der Waals surface area (Å²) in [5.74, 6) is -0.366. The number of carbonyl (C=O) groups is 3. The summed E-state index contributed by atoms with van der Waals surface area (Å²) in [6, 6.07) is 27.4. The number of benzene rings is 4. The second-order valence-corrected chi connectivity index (χ2v) is 14.4. The number of phenols is 1. The smallest absolute Gasteiger partial charge is 0.334 e. The van der Waals surface area contributed by atoms with Gasteiger partial charge in [-0.1, -0.05) is 96.0 Å². The summed E-state index contributed by atoms with van der Waals surface area (Å²) in [5, 5.41) is 17.5. The molecule has 2 aliphatic heterocycles. The molecule has 2 saturated heterocycles. The number of hydrazine groups is 1. The molecule has 3 heterocycles. The number of phenolic OH excluding ortho intramolecular Hbond substituents is 1. The van der Waals surface area contributed by atoms with Crippen LogP contribution in [0.3, 0.4) is 0 Å². The summed E-state index contributed by atoms with van der Waals surface area (Å²) in [7, 11) is 0. The number of piperazine rings is 1. The van der Waals surface area contributed by atoms with E-state index < -0.39 is 23.3 Å². The topological polar surface area (TPSA) is 152 Å². The number of para-hydroxylation sites is 1. The molecule has 1 unspecified atom stereocenters. The average molecular weight is 768 g/mol. The van der Waals surface area contributed by atoms with Crippen LogP contribution in [-0.4, -0.2) is 88.4 Å². The molecule has 5 aromatic rings. The fourth-order valence-electron chi connectivity index (χ4n) is 6.72. The highest BCUT2D eigenvalue weighted by Gasteiger charge is 2.51. The number of hydrogen-bond donors (Lipinski definition) is 3. The van der Waals surface area contributed by atoms with Gasteiger partial charge < -0.3 is 29.8 Å². The molecule has 14 heteroatoms. The molecule has 2 fully saturated rings. The minimum Gasteiger partial charge on any atom is -0.768 e. The molecular formula is C40H40ClN6O6S-. The maximum Gasteiger partial charge on any atom is 0.334 e. The lowest BCUT2D eigenvalue weighted by molar-refractivity contribution is -0.189. The largest absolute Gasteiger partial charge is 0.768 e. The predicted molar refractivity (Wildman–Crippen MR) is 206 cm³/mol. The number of aryl methyl sites for hydroxylation is 1. The zero-order valence-corrected chi connectivity index (χ0v) is 31.1. The van der Waals surface area contributed by atoms with Crippen molar-refractivity contribution in [2.75, 3.05) is 19.6 Å². The predicted octanol–water partition coefficient (Wildman–Crippen LogP) is 5.50. The fraction of sp³-hybridized carbons (Fsp3) is 0.225. The summed E-state index contributed by atoms with van der Waals surface area (Å²) < 4.78 is 20.6. The number of aromatic hydroxyl groups is 1. The molecular weight excluding hydrogens is 728 g/mol. The Hall–Kier alpha value is -5.47. The van der Waals surface area contributed by atoms with E-state index in [4.69, 9.17) is 11.6 Å². The maximum absolute atomic E-state index is 14.2. The number of rotatable bonds is 9. The third kappa shape index (κ3) is 8.66. The monoisotopic (exact) mass is 767 g/mol. The molecule has 0 aliphatic carbocycles. The Morgan fingerprint density at radius 2 is 1.74 bits per heavy atom. The molecule has 2 aliphatic rings. The first-order chi connectivity index (χ1) is 26.0. The summed E-state index contributed by atoms with van der Waals surface area (Å²) in [4.78, 5) is 48.7. The number of fused-ring (bicyclic) bond motifs is 2. The van der Waals surface area contributed by atoms with Crippen LogP contribution < -0.4 is 5.32 Å². The summed E-state index contributed by atoms with van der Waals surface area (Å²) in [6.07, 6.45) is 2.82. The molecule has 54 heavy (non-hydrogen) atoms. The summed E-state index contributed by atoms with van der Waals surface area (Å²) in [5.41, 5.74) is 4.47. The number of aromatic nitrogens is 1. The Bertz CT molecular complexity index is 2150. The fourth-order valence-corrected chi connectivity index (χ4v) is 7.29. The van der Waals surface area contributed by atoms with Gasteiger partial charge in [-0.15, -0.1) is 6.58 Å². The van der Waals surface area contributed by atoms with Crippen molar-refractivity contribution in [2.45, 2.75) is 43.5 Å². The molecule has 7 rings (SSSR count). The molecule has 4 amide bonds. The average Bonchev–Trinajstić information content (AvgIpc) is 3.55. The highest BCUT2D eigenvalue weighted by Crippen LogP contribution is 2.32. The molecule has 4 aromatic carbocycles. The van der Waals surface area contributed by atoms with Gasteiger partial charge in [0.15, 0.2) is 0 Å². The Morgan fingerprint density at radius 3 is 2.43 bits per heavy atom. The van der Waals surface area contributed by atoms with E-state index in [0.717, 1.165) is 33.2 Å². The number of nitrogens with one attached hydrogen (secondary N) is 2. The minimum atomic E-state index is -2.09. The maximum atomic E-state index is 14.2. The minimum absolute atomic E-state index is 0.0824. The summed E-state index contributed by atoms with van der Waals surface area (Å²) >= 11 is 4.30. The van der Waals surface area contributed by atoms with E-state index in [1.54, 1.807) is 80.6 Å². The Labute approximate surface area is 320 Å². The van der Waals surface area contributed by atoms with E-state index in [-0.39, 0.29) is 56.2 Å². The van der Waals surface area contributed by atoms with Crippen LogP contribution in [-0.2, 0) is 40.2 Å². The number of urea groups is 1. The van der Waals surface area contributed by atoms with Gasteiger partial charge in [-0.05, 0) is 59.0 Å². The third-order valence-electron chi connectivity index (χ3n) is 9.36. The second-order valence-electron chi connectivity index (χ2n) is 13.0. The van der Waals surface area contributed by atoms with Gasteiger partial charge >= 0.3 is 6.03 Å². The third-order valence-corrected chi connectivity index (χ3v) is 10.3. The highest BCUT2D eigenvalue weighted by atomic mass is 35.5. The lowest BCUT2D eigenvalue weighted by atomic mass is 9.98. The van der Waals surface area contributed by atoms with Gasteiger partial charge in [0.2, 0.25) is 11.8 Å². The molecule has 0 spiro atoms. The van der Waals surface area contributed by atoms with Crippen LogP contribution in [0.2, 0.25) is 5.02 Å². The first-order valence-corrected chi connectivity index (χ1v) is 18.7. The van der Waals surface area contributed by atoms with Crippen LogP contribution >= 0.6 is 11.6 Å². The first kappa shape index (κ1) is 38.3. The van der Waals surface area contributed by atoms with Gasteiger partial charge in [-0.2, -0.15) is 0 Å². The molecule has 0 saturated carbocycles. The van der Waals surface area contributed by atoms with Crippen LogP contribution in [0, 0.1) is 6.92 Å². The number of nitrogens with zero attached hydrogens (tertiary/aromatic N) is 4. The van der Waals surface area contributed by atoms with Gasteiger partial charge in [0.1, 0.15) is 18.0 Å². The second kappa shape index (κ2) is 17.1. The lowest BCUT2D eigenvalue weighted by Gasteiger charge is -2.55. The number of H-pyrrole nitrogens is 1. The van der Waals surface area contributed by atoms with Crippen molar-refractivity contribution in [1.82, 2.24) is 30.1 Å². The molecule has 0 radical (unpaired) electrons. The standard InChI is InChI=1S/C33H33ClN6O4.C7H8O2S/c1-2-15-38-21-30(42)39-28(16-22-11-13-25(41)14-12-22)32(43)37(19-24-9-6-10-26-27(34)18-35-31(24)26)20-29(39)40(38)33(44)36-17-23-7-4-3-5-8-23;1-6-2-4-7(5-3-6)10(8)9/h2-14,18,28-29,35,41H,1,15-17,19-21H2,(H,36,44);2-5H,1H3,(H,8,9)/p-1/t28-,29-;/m0./s1. The van der Waals surface area contributed by atoms with Crippen molar-refractivity contribution in [3.8, 4) is 5.75 Å². The van der Waals surface area contributed by atoms with Crippen molar-refractivity contribution in [2.24, 2.45) is 0 Å². The Morgan fingerprint density at radius 1 is 1.02 bits per heavy atom. The van der Waals surface area contributed by atoms with Crippen LogP contribution in [0.15, 0.2) is 121 Å². The number of halogens is 1. The molecule has 280 valence electrons. The lowest BCUT2D eigenvalue weighted by Crippen LogP contribution is -2.76. The van der Waals surface area contributed by atoms with E-state index in [9.17, 15) is 28.3 Å². The van der Waals surface area contributed by atoms with Crippen molar-refractivity contribution in [3.05, 3.63) is 143 Å². The Kier molecular flexibility index (Phi) is 12.1. The van der Waals surface area contributed by atoms with Crippen molar-refractivity contribution >= 4 is 51.4 Å². The molecule has 1 aromatic heterocycles. The first-order valence-electron chi connectivity index (χ1n) is 17.3. The van der Waals surface area contributed by atoms with Gasteiger partial charge in [-0.25, -0.2) is 14.8 Å². The molecule has 3 N–H and O–H groups in total. The van der Waals surface area contributed by atoms with E-state index in [1.165, 1.54) is 0 Å². The van der Waals surface area contributed by atoms with Crippen LogP contribution in [0.5, 0.6) is 5.75 Å². The highest BCUT2D eigenvalue weighted by molar-refractivity contribution is 7.79. The van der Waals surface area contributed by atoms with E-state index in [2.05, 4.69) is 16.9 Å². The normalized spacial score (nSPS) is 17.8. The van der Waals surface area contributed by atoms with Gasteiger partial charge in [0.25, 0.3) is 0 Å². The van der Waals surface area contributed by atoms with Gasteiger partial charge in [0.05, 0.1) is 23.6 Å². The van der Waals surface area contributed by atoms with Crippen molar-refractivity contribution in [1.29, 1.82) is 0 Å².